The minimum atomic E-state index is -0.983. The number of rotatable bonds is 13. The summed E-state index contributed by atoms with van der Waals surface area (Å²) in [7, 11) is 2.43. The predicted octanol–water partition coefficient (Wildman–Crippen LogP) is 1.02. The van der Waals surface area contributed by atoms with Gasteiger partial charge < -0.3 is 30.6 Å². The summed E-state index contributed by atoms with van der Waals surface area (Å²) >= 11 is 0. The van der Waals surface area contributed by atoms with Crippen molar-refractivity contribution in [3.05, 3.63) is 35.9 Å². The Hall–Kier alpha value is -3.14. The maximum Gasteiger partial charge on any atom is 0.407 e. The fourth-order valence-corrected chi connectivity index (χ4v) is 2.62. The van der Waals surface area contributed by atoms with Crippen LogP contribution in [-0.2, 0) is 35.2 Å². The number of methoxy groups -OCH3 is 2. The van der Waals surface area contributed by atoms with Crippen LogP contribution in [0.5, 0.6) is 0 Å². The predicted molar refractivity (Wildman–Crippen MR) is 112 cm³/mol. The van der Waals surface area contributed by atoms with Crippen LogP contribution in [0, 0.1) is 0 Å². The second kappa shape index (κ2) is 14.8. The molecule has 1 aromatic carbocycles. The van der Waals surface area contributed by atoms with E-state index in [0.717, 1.165) is 5.56 Å². The van der Waals surface area contributed by atoms with Gasteiger partial charge in [-0.3, -0.25) is 9.59 Å². The van der Waals surface area contributed by atoms with Crippen molar-refractivity contribution in [3.8, 4) is 0 Å². The fourth-order valence-electron chi connectivity index (χ4n) is 2.62. The Bertz CT molecular complexity index is 712. The Labute approximate surface area is 181 Å². The quantitative estimate of drug-likeness (QED) is 0.235. The summed E-state index contributed by atoms with van der Waals surface area (Å²) in [5, 5.41) is 5.14. The van der Waals surface area contributed by atoms with Crippen molar-refractivity contribution in [1.29, 1.82) is 0 Å². The molecule has 0 saturated heterocycles. The monoisotopic (exact) mass is 437 g/mol. The van der Waals surface area contributed by atoms with Crippen LogP contribution in [-0.4, -0.2) is 56.8 Å². The number of carbonyl (C=O) groups excluding carboxylic acids is 4. The van der Waals surface area contributed by atoms with Crippen molar-refractivity contribution in [2.24, 2.45) is 5.73 Å². The van der Waals surface area contributed by atoms with Gasteiger partial charge in [0, 0.05) is 13.0 Å². The molecule has 172 valence electrons. The van der Waals surface area contributed by atoms with Crippen molar-refractivity contribution in [2.45, 2.75) is 50.8 Å². The lowest BCUT2D eigenvalue weighted by atomic mass is 10.1. The number of benzene rings is 1. The zero-order chi connectivity index (χ0) is 23.1. The third kappa shape index (κ3) is 11.0. The minimum Gasteiger partial charge on any atom is -0.469 e. The van der Waals surface area contributed by atoms with Crippen LogP contribution in [0.3, 0.4) is 0 Å². The van der Waals surface area contributed by atoms with Gasteiger partial charge in [-0.05, 0) is 31.2 Å². The summed E-state index contributed by atoms with van der Waals surface area (Å²) in [6, 6.07) is 7.51. The molecule has 1 aromatic rings. The number of esters is 2. The molecule has 0 aromatic heterocycles. The topological polar surface area (TPSA) is 146 Å². The smallest absolute Gasteiger partial charge is 0.407 e. The van der Waals surface area contributed by atoms with E-state index in [9.17, 15) is 19.2 Å². The lowest BCUT2D eigenvalue weighted by molar-refractivity contribution is -0.146. The Morgan fingerprint density at radius 3 is 2.35 bits per heavy atom. The van der Waals surface area contributed by atoms with Crippen molar-refractivity contribution in [2.75, 3.05) is 20.8 Å². The lowest BCUT2D eigenvalue weighted by Gasteiger charge is -2.19. The van der Waals surface area contributed by atoms with Crippen LogP contribution < -0.4 is 16.4 Å². The molecular weight excluding hydrogens is 406 g/mol. The van der Waals surface area contributed by atoms with Gasteiger partial charge in [-0.15, -0.1) is 0 Å². The molecule has 0 bridgehead atoms. The molecule has 2 atom stereocenters. The van der Waals surface area contributed by atoms with E-state index in [1.165, 1.54) is 14.2 Å². The van der Waals surface area contributed by atoms with Crippen molar-refractivity contribution < 1.29 is 33.4 Å². The van der Waals surface area contributed by atoms with Crippen LogP contribution in [0.15, 0.2) is 30.3 Å². The molecule has 0 heterocycles. The minimum absolute atomic E-state index is 0.0438. The van der Waals surface area contributed by atoms with Crippen LogP contribution in [0.1, 0.15) is 37.7 Å². The van der Waals surface area contributed by atoms with E-state index in [2.05, 4.69) is 20.1 Å². The average Bonchev–Trinajstić information content (AvgIpc) is 2.79. The van der Waals surface area contributed by atoms with Crippen LogP contribution in [0.4, 0.5) is 4.79 Å². The molecule has 1 rings (SSSR count). The molecule has 2 unspecified atom stereocenters. The highest BCUT2D eigenvalue weighted by molar-refractivity contribution is 5.87. The first-order valence-electron chi connectivity index (χ1n) is 10.0. The number of hydrogen-bond donors (Lipinski definition) is 3. The van der Waals surface area contributed by atoms with Crippen molar-refractivity contribution in [1.82, 2.24) is 10.6 Å². The zero-order valence-electron chi connectivity index (χ0n) is 17.9. The molecule has 2 amide bonds. The molecule has 31 heavy (non-hydrogen) atoms. The SMILES string of the molecule is COC(=O)CCC(NC(=O)C(N)CCCCNC(=O)OCc1ccccc1)C(=O)OC. The number of amides is 2. The van der Waals surface area contributed by atoms with Gasteiger partial charge in [0.25, 0.3) is 0 Å². The number of nitrogens with two attached hydrogens (primary N) is 1. The van der Waals surface area contributed by atoms with Gasteiger partial charge in [-0.25, -0.2) is 9.59 Å². The molecule has 0 aliphatic heterocycles. The number of ether oxygens (including phenoxy) is 3. The number of hydrogen-bond acceptors (Lipinski definition) is 8. The largest absolute Gasteiger partial charge is 0.469 e. The average molecular weight is 437 g/mol. The van der Waals surface area contributed by atoms with Crippen molar-refractivity contribution in [3.63, 3.8) is 0 Å². The molecule has 0 fully saturated rings. The van der Waals surface area contributed by atoms with Gasteiger partial charge in [0.2, 0.25) is 5.91 Å². The van der Waals surface area contributed by atoms with Gasteiger partial charge in [-0.1, -0.05) is 30.3 Å². The van der Waals surface area contributed by atoms with E-state index in [-0.39, 0.29) is 19.4 Å². The zero-order valence-corrected chi connectivity index (χ0v) is 17.9. The maximum absolute atomic E-state index is 12.2. The summed E-state index contributed by atoms with van der Waals surface area (Å²) in [5.41, 5.74) is 6.77. The summed E-state index contributed by atoms with van der Waals surface area (Å²) in [5.74, 6) is -1.68. The first-order valence-corrected chi connectivity index (χ1v) is 10.0. The number of alkyl carbamates (subject to hydrolysis) is 1. The first-order chi connectivity index (χ1) is 14.9. The second-order valence-electron chi connectivity index (χ2n) is 6.79. The molecule has 0 aliphatic rings. The van der Waals surface area contributed by atoms with Gasteiger partial charge in [0.15, 0.2) is 0 Å². The summed E-state index contributed by atoms with van der Waals surface area (Å²) in [6.07, 6.45) is 1.03. The normalized spacial score (nSPS) is 12.2. The van der Waals surface area contributed by atoms with E-state index in [4.69, 9.17) is 10.5 Å². The van der Waals surface area contributed by atoms with Gasteiger partial charge in [-0.2, -0.15) is 0 Å². The van der Waals surface area contributed by atoms with E-state index in [1.54, 1.807) is 0 Å². The van der Waals surface area contributed by atoms with Gasteiger partial charge >= 0.3 is 18.0 Å². The molecule has 4 N–H and O–H groups in total. The maximum atomic E-state index is 12.2. The third-order valence-electron chi connectivity index (χ3n) is 4.43. The van der Waals surface area contributed by atoms with Gasteiger partial charge in [0.05, 0.1) is 20.3 Å². The third-order valence-corrected chi connectivity index (χ3v) is 4.43. The van der Waals surface area contributed by atoms with Gasteiger partial charge in [0.1, 0.15) is 12.6 Å². The summed E-state index contributed by atoms with van der Waals surface area (Å²) < 4.78 is 14.3. The number of nitrogens with one attached hydrogen (secondary N) is 2. The van der Waals surface area contributed by atoms with Crippen LogP contribution in [0.25, 0.3) is 0 Å². The highest BCUT2D eigenvalue weighted by Gasteiger charge is 2.25. The van der Waals surface area contributed by atoms with E-state index in [0.29, 0.717) is 25.8 Å². The molecule has 0 radical (unpaired) electrons. The van der Waals surface area contributed by atoms with Crippen LogP contribution in [0.2, 0.25) is 0 Å². The highest BCUT2D eigenvalue weighted by atomic mass is 16.5. The van der Waals surface area contributed by atoms with E-state index in [1.807, 2.05) is 30.3 Å². The highest BCUT2D eigenvalue weighted by Crippen LogP contribution is 2.05. The molecule has 0 saturated carbocycles. The summed E-state index contributed by atoms with van der Waals surface area (Å²) in [6.45, 7) is 0.570. The summed E-state index contributed by atoms with van der Waals surface area (Å²) in [4.78, 5) is 47.0. The van der Waals surface area contributed by atoms with Crippen LogP contribution >= 0.6 is 0 Å². The Morgan fingerprint density at radius 2 is 1.71 bits per heavy atom. The van der Waals surface area contributed by atoms with E-state index < -0.39 is 36.0 Å². The number of unbranched alkanes of at least 4 members (excludes halogenated alkanes) is 1. The second-order valence-corrected chi connectivity index (χ2v) is 6.79. The lowest BCUT2D eigenvalue weighted by Crippen LogP contribution is -2.49. The first kappa shape index (κ1) is 25.9. The molecule has 0 aliphatic carbocycles. The molecule has 10 nitrogen and oxygen atoms in total. The standard InChI is InChI=1S/C21H31N3O7/c1-29-18(25)12-11-17(20(27)30-2)24-19(26)16(22)10-6-7-13-23-21(28)31-14-15-8-4-3-5-9-15/h3-5,8-9,16-17H,6-7,10-14,22H2,1-2H3,(H,23,28)(H,24,26). The Kier molecular flexibility index (Phi) is 12.3. The fraction of sp³-hybridized carbons (Fsp3) is 0.524. The number of carbonyl (C=O) groups is 4. The molecular formula is C21H31N3O7. The Morgan fingerprint density at radius 1 is 1.00 bits per heavy atom. The van der Waals surface area contributed by atoms with E-state index >= 15 is 0 Å². The molecule has 10 heteroatoms. The molecule has 0 spiro atoms. The van der Waals surface area contributed by atoms with Crippen molar-refractivity contribution >= 4 is 23.9 Å². The Balaban J connectivity index is 2.25.